The number of hydrogen-bond donors (Lipinski definition) is 4. The number of aromatic amines is 1. The number of phenolic OH excluding ortho intramolecular Hbond substituents is 1. The monoisotopic (exact) mass is 439 g/mol. The van der Waals surface area contributed by atoms with Gasteiger partial charge in [-0.1, -0.05) is 15.9 Å². The molecule has 134 valence electrons. The van der Waals surface area contributed by atoms with Crippen LogP contribution < -0.4 is 15.9 Å². The summed E-state index contributed by atoms with van der Waals surface area (Å²) in [6.07, 6.45) is 0. The van der Waals surface area contributed by atoms with Gasteiger partial charge in [-0.3, -0.25) is 0 Å². The maximum absolute atomic E-state index is 12.3. The third kappa shape index (κ3) is 3.54. The topological polar surface area (TPSA) is 143 Å². The Morgan fingerprint density at radius 2 is 2.08 bits per heavy atom. The molecular weight excluding hydrogens is 427 g/mol. The molecule has 0 aliphatic carbocycles. The fraction of sp³-hybridized carbons (Fsp3) is 0.0667. The number of halogens is 1. The van der Waals surface area contributed by atoms with Gasteiger partial charge < -0.3 is 10.8 Å². The standard InChI is InChI=1S/C15H12BrN4O5P/c16-9-1-4-12(8(5-9)7-17)20-14(18-19-15(20)22)11-3-2-10(6-13(11)21)25-26(23)24/h1-6H,7,17H2,(H2-,18,19,21,22,23,24)/p+1. The number of rotatable bonds is 5. The Morgan fingerprint density at radius 1 is 1.31 bits per heavy atom. The molecule has 1 aromatic heterocycles. The number of H-pyrrole nitrogens is 1. The van der Waals surface area contributed by atoms with Crippen LogP contribution in [0.25, 0.3) is 17.1 Å². The molecule has 0 spiro atoms. The predicted molar refractivity (Wildman–Crippen MR) is 97.3 cm³/mol. The molecule has 1 unspecified atom stereocenters. The molecule has 11 heteroatoms. The molecule has 0 saturated heterocycles. The van der Waals surface area contributed by atoms with Crippen LogP contribution in [0.15, 0.2) is 45.7 Å². The molecule has 0 amide bonds. The van der Waals surface area contributed by atoms with Crippen molar-refractivity contribution in [3.8, 4) is 28.6 Å². The zero-order valence-corrected chi connectivity index (χ0v) is 15.6. The maximum atomic E-state index is 12.3. The first-order chi connectivity index (χ1) is 12.4. The molecule has 0 saturated carbocycles. The van der Waals surface area contributed by atoms with Crippen LogP contribution in [-0.4, -0.2) is 24.8 Å². The average Bonchev–Trinajstić information content (AvgIpc) is 2.95. The fourth-order valence-corrected chi connectivity index (χ4v) is 3.19. The summed E-state index contributed by atoms with van der Waals surface area (Å²) in [6, 6.07) is 9.22. The molecule has 0 radical (unpaired) electrons. The lowest BCUT2D eigenvalue weighted by Crippen LogP contribution is -2.18. The van der Waals surface area contributed by atoms with E-state index in [1.807, 2.05) is 0 Å². The lowest BCUT2D eigenvalue weighted by Gasteiger charge is -2.11. The summed E-state index contributed by atoms with van der Waals surface area (Å²) in [5.74, 6) is -0.110. The van der Waals surface area contributed by atoms with E-state index >= 15 is 0 Å². The van der Waals surface area contributed by atoms with Crippen molar-refractivity contribution in [1.82, 2.24) is 14.8 Å². The number of phenols is 1. The van der Waals surface area contributed by atoms with Gasteiger partial charge in [0, 0.05) is 21.6 Å². The van der Waals surface area contributed by atoms with E-state index in [0.717, 1.165) is 10.5 Å². The number of nitrogens with one attached hydrogen (secondary N) is 1. The number of hydrogen-bond acceptors (Lipinski definition) is 6. The summed E-state index contributed by atoms with van der Waals surface area (Å²) in [6.45, 7) is 0.189. The van der Waals surface area contributed by atoms with Gasteiger partial charge in [0.05, 0.1) is 11.3 Å². The van der Waals surface area contributed by atoms with Gasteiger partial charge in [-0.15, -0.1) is 4.89 Å². The first-order valence-electron chi connectivity index (χ1n) is 7.24. The molecule has 0 bridgehead atoms. The van der Waals surface area contributed by atoms with E-state index < -0.39 is 13.9 Å². The summed E-state index contributed by atoms with van der Waals surface area (Å²) in [7, 11) is -2.86. The highest BCUT2D eigenvalue weighted by Gasteiger charge is 2.20. The summed E-state index contributed by atoms with van der Waals surface area (Å²) in [5, 5.41) is 16.6. The largest absolute Gasteiger partial charge is 0.747 e. The Balaban J connectivity index is 2.15. The zero-order valence-electron chi connectivity index (χ0n) is 13.1. The highest BCUT2D eigenvalue weighted by Crippen LogP contribution is 2.34. The van der Waals surface area contributed by atoms with Crippen molar-refractivity contribution in [2.45, 2.75) is 6.54 Å². The number of benzene rings is 2. The van der Waals surface area contributed by atoms with Gasteiger partial charge in [0.1, 0.15) is 5.75 Å². The van der Waals surface area contributed by atoms with Crippen LogP contribution in [0.2, 0.25) is 0 Å². The van der Waals surface area contributed by atoms with Gasteiger partial charge in [0.25, 0.3) is 0 Å². The Labute approximate surface area is 156 Å². The summed E-state index contributed by atoms with van der Waals surface area (Å²) in [4.78, 5) is 21.1. The van der Waals surface area contributed by atoms with E-state index in [2.05, 4.69) is 30.7 Å². The van der Waals surface area contributed by atoms with Gasteiger partial charge in [-0.05, 0) is 35.9 Å². The number of nitrogens with zero attached hydrogens (tertiary/aromatic N) is 2. The number of nitrogens with two attached hydrogens (primary N) is 1. The molecule has 3 aromatic rings. The van der Waals surface area contributed by atoms with Crippen molar-refractivity contribution in [3.63, 3.8) is 0 Å². The first kappa shape index (κ1) is 18.3. The second-order valence-corrected chi connectivity index (χ2v) is 6.75. The normalized spacial score (nSPS) is 11.4. The van der Waals surface area contributed by atoms with Crippen LogP contribution in [0.1, 0.15) is 5.56 Å². The van der Waals surface area contributed by atoms with Gasteiger partial charge in [-0.25, -0.2) is 19.0 Å². The molecule has 0 aliphatic heterocycles. The summed E-state index contributed by atoms with van der Waals surface area (Å²) < 4.78 is 17.5. The minimum absolute atomic E-state index is 0.00517. The SMILES string of the molecule is NCc1cc(Br)ccc1-n1c(-c2ccc(O[P+](=O)O)cc2O)n[nH]c1=O. The van der Waals surface area contributed by atoms with E-state index in [4.69, 9.17) is 10.6 Å². The van der Waals surface area contributed by atoms with Gasteiger partial charge in [0.2, 0.25) is 0 Å². The average molecular weight is 440 g/mol. The molecule has 9 nitrogen and oxygen atoms in total. The van der Waals surface area contributed by atoms with Crippen LogP contribution in [0.3, 0.4) is 0 Å². The van der Waals surface area contributed by atoms with Crippen LogP contribution in [0.5, 0.6) is 11.5 Å². The third-order valence-electron chi connectivity index (χ3n) is 3.57. The molecule has 1 heterocycles. The highest BCUT2D eigenvalue weighted by atomic mass is 79.9. The second kappa shape index (κ2) is 7.38. The molecule has 0 aliphatic rings. The quantitative estimate of drug-likeness (QED) is 0.446. The Kier molecular flexibility index (Phi) is 5.19. The molecule has 2 aromatic carbocycles. The fourth-order valence-electron chi connectivity index (χ4n) is 2.48. The Bertz CT molecular complexity index is 1050. The number of aromatic nitrogens is 3. The maximum Gasteiger partial charge on any atom is 0.747 e. The van der Waals surface area contributed by atoms with Crippen LogP contribution >= 0.6 is 24.2 Å². The van der Waals surface area contributed by atoms with E-state index in [1.165, 1.54) is 16.7 Å². The van der Waals surface area contributed by atoms with Gasteiger partial charge in [0.15, 0.2) is 11.6 Å². The third-order valence-corrected chi connectivity index (χ3v) is 4.43. The van der Waals surface area contributed by atoms with Crippen LogP contribution in [-0.2, 0) is 11.1 Å². The van der Waals surface area contributed by atoms with Crippen LogP contribution in [0, 0.1) is 0 Å². The van der Waals surface area contributed by atoms with Crippen molar-refractivity contribution < 1.29 is 19.1 Å². The smallest absolute Gasteiger partial charge is 0.507 e. The number of aromatic hydroxyl groups is 1. The van der Waals surface area contributed by atoms with E-state index in [-0.39, 0.29) is 29.4 Å². The minimum atomic E-state index is -2.86. The lowest BCUT2D eigenvalue weighted by atomic mass is 10.1. The van der Waals surface area contributed by atoms with Crippen molar-refractivity contribution in [3.05, 3.63) is 56.9 Å². The van der Waals surface area contributed by atoms with Crippen molar-refractivity contribution >= 4 is 24.2 Å². The van der Waals surface area contributed by atoms with Crippen molar-refractivity contribution in [1.29, 1.82) is 0 Å². The van der Waals surface area contributed by atoms with Gasteiger partial charge in [-0.2, -0.15) is 5.10 Å². The first-order valence-corrected chi connectivity index (χ1v) is 9.17. The zero-order chi connectivity index (χ0) is 18.8. The van der Waals surface area contributed by atoms with Crippen molar-refractivity contribution in [2.24, 2.45) is 5.73 Å². The molecule has 1 atom stereocenters. The summed E-state index contributed by atoms with van der Waals surface area (Å²) >= 11 is 3.36. The van der Waals surface area contributed by atoms with Crippen molar-refractivity contribution in [2.75, 3.05) is 0 Å². The summed E-state index contributed by atoms with van der Waals surface area (Å²) in [5.41, 5.74) is 6.71. The molecule has 26 heavy (non-hydrogen) atoms. The van der Waals surface area contributed by atoms with E-state index in [9.17, 15) is 14.5 Å². The molecular formula is C15H13BrN4O5P+. The lowest BCUT2D eigenvalue weighted by molar-refractivity contribution is 0.408. The molecule has 3 rings (SSSR count). The van der Waals surface area contributed by atoms with E-state index in [0.29, 0.717) is 11.3 Å². The minimum Gasteiger partial charge on any atom is -0.507 e. The van der Waals surface area contributed by atoms with Gasteiger partial charge >= 0.3 is 13.9 Å². The Hall–Kier alpha value is -2.52. The second-order valence-electron chi connectivity index (χ2n) is 5.17. The predicted octanol–water partition coefficient (Wildman–Crippen LogP) is 2.18. The van der Waals surface area contributed by atoms with Crippen LogP contribution in [0.4, 0.5) is 0 Å². The highest BCUT2D eigenvalue weighted by molar-refractivity contribution is 9.10. The molecule has 5 N–H and O–H groups in total. The molecule has 0 fully saturated rings. The van der Waals surface area contributed by atoms with E-state index in [1.54, 1.807) is 18.2 Å². The Morgan fingerprint density at radius 3 is 2.73 bits per heavy atom.